The molecule has 0 radical (unpaired) electrons. The number of thiophene rings is 1. The second kappa shape index (κ2) is 8.85. The Bertz CT molecular complexity index is 1030. The summed E-state index contributed by atoms with van der Waals surface area (Å²) in [5, 5.41) is 2.06. The van der Waals surface area contributed by atoms with Crippen molar-refractivity contribution in [1.82, 2.24) is 0 Å². The van der Waals surface area contributed by atoms with Gasteiger partial charge in [-0.1, -0.05) is 17.8 Å². The predicted molar refractivity (Wildman–Crippen MR) is 114 cm³/mol. The number of benzene rings is 2. The lowest BCUT2D eigenvalue weighted by molar-refractivity contribution is 0.275. The van der Waals surface area contributed by atoms with Gasteiger partial charge in [0, 0.05) is 17.4 Å². The maximum atomic E-state index is 14.4. The van der Waals surface area contributed by atoms with Crippen molar-refractivity contribution in [3.05, 3.63) is 76.0 Å². The minimum absolute atomic E-state index is 0.0193. The van der Waals surface area contributed by atoms with Crippen LogP contribution in [0, 0.1) is 29.2 Å². The molecule has 4 rings (SSSR count). The summed E-state index contributed by atoms with van der Waals surface area (Å²) in [5.41, 5.74) is -0.0868. The van der Waals surface area contributed by atoms with Gasteiger partial charge >= 0.3 is 0 Å². The Hall–Kier alpha value is -1.90. The van der Waals surface area contributed by atoms with Gasteiger partial charge in [-0.2, -0.15) is 0 Å². The minimum atomic E-state index is -1.57. The van der Waals surface area contributed by atoms with Crippen LogP contribution in [-0.4, -0.2) is 22.3 Å². The van der Waals surface area contributed by atoms with E-state index in [2.05, 4.69) is 11.4 Å². The maximum Gasteiger partial charge on any atom is 0.274 e. The Morgan fingerprint density at radius 1 is 1.00 bits per heavy atom. The summed E-state index contributed by atoms with van der Waals surface area (Å²) >= 11 is 5.34. The van der Waals surface area contributed by atoms with Crippen molar-refractivity contribution < 1.29 is 22.3 Å². The van der Waals surface area contributed by atoms with Gasteiger partial charge in [0.05, 0.1) is 17.4 Å². The Morgan fingerprint density at radius 3 is 2.41 bits per heavy atom. The monoisotopic (exact) mass is 455 g/mol. The molecular weight excluding hydrogens is 440 g/mol. The lowest BCUT2D eigenvalue weighted by Gasteiger charge is -2.15. The van der Waals surface area contributed by atoms with E-state index in [4.69, 9.17) is 4.74 Å². The molecule has 1 unspecified atom stereocenters. The normalized spacial score (nSPS) is 16.6. The van der Waals surface area contributed by atoms with Gasteiger partial charge in [-0.3, -0.25) is 0 Å². The molecule has 0 aliphatic carbocycles. The Balaban J connectivity index is 1.40. The molecule has 1 aliphatic rings. The summed E-state index contributed by atoms with van der Waals surface area (Å²) < 4.78 is 61.4. The van der Waals surface area contributed by atoms with E-state index in [9.17, 15) is 17.6 Å². The number of thioether (sulfide) groups is 1. The van der Waals surface area contributed by atoms with Crippen LogP contribution in [-0.2, 0) is 11.4 Å². The van der Waals surface area contributed by atoms with Crippen LogP contribution >= 0.6 is 23.1 Å². The lowest BCUT2D eigenvalue weighted by atomic mass is 10.0. The van der Waals surface area contributed by atoms with E-state index in [0.717, 1.165) is 23.6 Å². The van der Waals surface area contributed by atoms with Gasteiger partial charge in [-0.25, -0.2) is 17.6 Å². The third-order valence-electron chi connectivity index (χ3n) is 4.34. The molecule has 1 atom stereocenters. The maximum absolute atomic E-state index is 14.4. The zero-order valence-corrected chi connectivity index (χ0v) is 17.4. The molecule has 150 valence electrons. The van der Waals surface area contributed by atoms with Crippen molar-refractivity contribution in [3.63, 3.8) is 0 Å². The number of hydrogen-bond acceptors (Lipinski definition) is 3. The SMILES string of the molecule is Fc1cc(OCC2CSC(c3cccs3)=[S+]C2)ccc1-c1cc(F)c(F)c(F)c1. The molecule has 3 aromatic rings. The van der Waals surface area contributed by atoms with Crippen LogP contribution in [0.3, 0.4) is 0 Å². The second-order valence-electron chi connectivity index (χ2n) is 6.46. The molecule has 0 saturated heterocycles. The lowest BCUT2D eigenvalue weighted by Crippen LogP contribution is -2.24. The molecule has 0 spiro atoms. The average Bonchev–Trinajstić information content (AvgIpc) is 3.25. The minimum Gasteiger partial charge on any atom is -0.493 e. The van der Waals surface area contributed by atoms with Crippen molar-refractivity contribution in [2.75, 3.05) is 18.1 Å². The molecule has 1 aromatic heterocycles. The first-order chi connectivity index (χ1) is 14.0. The van der Waals surface area contributed by atoms with Gasteiger partial charge in [-0.05, 0) is 41.3 Å². The van der Waals surface area contributed by atoms with Gasteiger partial charge in [0.15, 0.2) is 34.6 Å². The summed E-state index contributed by atoms with van der Waals surface area (Å²) in [6, 6.07) is 9.80. The van der Waals surface area contributed by atoms with E-state index in [1.54, 1.807) is 40.5 Å². The summed E-state index contributed by atoms with van der Waals surface area (Å²) in [5.74, 6) is -2.44. The summed E-state index contributed by atoms with van der Waals surface area (Å²) in [6.45, 7) is 0.455. The highest BCUT2D eigenvalue weighted by Crippen LogP contribution is 2.29. The van der Waals surface area contributed by atoms with Crippen LogP contribution in [0.1, 0.15) is 4.88 Å². The van der Waals surface area contributed by atoms with E-state index in [1.165, 1.54) is 21.2 Å². The van der Waals surface area contributed by atoms with Crippen molar-refractivity contribution in [2.24, 2.45) is 5.92 Å². The largest absolute Gasteiger partial charge is 0.493 e. The Kier molecular flexibility index (Phi) is 6.22. The average molecular weight is 456 g/mol. The molecular formula is C21H15F4OS3+. The first-order valence-electron chi connectivity index (χ1n) is 8.75. The molecule has 2 heterocycles. The van der Waals surface area contributed by atoms with E-state index in [1.807, 2.05) is 6.07 Å². The fourth-order valence-electron chi connectivity index (χ4n) is 2.85. The molecule has 0 amide bonds. The van der Waals surface area contributed by atoms with Crippen molar-refractivity contribution in [1.29, 1.82) is 0 Å². The van der Waals surface area contributed by atoms with E-state index < -0.39 is 23.3 Å². The number of halogens is 4. The molecule has 1 aliphatic heterocycles. The van der Waals surface area contributed by atoms with E-state index in [0.29, 0.717) is 18.3 Å². The third kappa shape index (κ3) is 4.65. The van der Waals surface area contributed by atoms with Gasteiger partial charge < -0.3 is 4.74 Å². The molecule has 0 bridgehead atoms. The van der Waals surface area contributed by atoms with E-state index >= 15 is 0 Å². The zero-order chi connectivity index (χ0) is 20.4. The topological polar surface area (TPSA) is 9.23 Å². The Labute approximate surface area is 177 Å². The number of rotatable bonds is 5. The Morgan fingerprint density at radius 2 is 1.79 bits per heavy atom. The predicted octanol–water partition coefficient (Wildman–Crippen LogP) is 5.97. The second-order valence-corrected chi connectivity index (χ2v) is 9.73. The van der Waals surface area contributed by atoms with Gasteiger partial charge in [0.1, 0.15) is 11.6 Å². The third-order valence-corrected chi connectivity index (χ3v) is 8.44. The molecule has 1 nitrogen and oxygen atoms in total. The highest BCUT2D eigenvalue weighted by atomic mass is 32.2. The van der Waals surface area contributed by atoms with Crippen LogP contribution in [0.4, 0.5) is 17.6 Å². The molecule has 29 heavy (non-hydrogen) atoms. The molecule has 2 aromatic carbocycles. The number of ether oxygens (including phenoxy) is 1. The summed E-state index contributed by atoms with van der Waals surface area (Å²) in [7, 11) is 0. The van der Waals surface area contributed by atoms with Crippen molar-refractivity contribution in [3.8, 4) is 16.9 Å². The first kappa shape index (κ1) is 20.4. The van der Waals surface area contributed by atoms with Crippen LogP contribution < -0.4 is 4.74 Å². The number of hydrogen-bond donors (Lipinski definition) is 0. The van der Waals surface area contributed by atoms with Crippen LogP contribution in [0.2, 0.25) is 0 Å². The van der Waals surface area contributed by atoms with Gasteiger partial charge in [-0.15, -0.1) is 11.3 Å². The highest BCUT2D eigenvalue weighted by molar-refractivity contribution is 8.23. The highest BCUT2D eigenvalue weighted by Gasteiger charge is 2.28. The standard InChI is InChI=1S/C21H15F4OS3/c22-16-8-14(3-4-15(16)13-6-17(23)20(25)18(24)7-13)26-9-12-10-28-21(29-11-12)19-2-1-5-27-19/h1-8,12H,9-11H2/q+1. The fraction of sp³-hybridized carbons (Fsp3) is 0.190. The van der Waals surface area contributed by atoms with Gasteiger partial charge in [0.2, 0.25) is 0 Å². The van der Waals surface area contributed by atoms with Crippen LogP contribution in [0.25, 0.3) is 11.1 Å². The van der Waals surface area contributed by atoms with Gasteiger partial charge in [0.25, 0.3) is 4.20 Å². The molecule has 0 fully saturated rings. The summed E-state index contributed by atoms with van der Waals surface area (Å²) in [4.78, 5) is 1.28. The molecule has 8 heteroatoms. The fourth-order valence-corrected chi connectivity index (χ4v) is 6.57. The molecule has 0 N–H and O–H groups in total. The summed E-state index contributed by atoms with van der Waals surface area (Å²) in [6.07, 6.45) is 0. The molecule has 0 saturated carbocycles. The van der Waals surface area contributed by atoms with Crippen molar-refractivity contribution >= 4 is 38.6 Å². The van der Waals surface area contributed by atoms with E-state index in [-0.39, 0.29) is 11.1 Å². The zero-order valence-electron chi connectivity index (χ0n) is 15.0. The smallest absolute Gasteiger partial charge is 0.274 e. The van der Waals surface area contributed by atoms with Crippen molar-refractivity contribution in [2.45, 2.75) is 0 Å². The quantitative estimate of drug-likeness (QED) is 0.203. The van der Waals surface area contributed by atoms with Crippen LogP contribution in [0.15, 0.2) is 47.8 Å². The first-order valence-corrected chi connectivity index (χ1v) is 11.6. The van der Waals surface area contributed by atoms with Crippen LogP contribution in [0.5, 0.6) is 5.75 Å².